The molecule has 7 nitrogen and oxygen atoms in total. The smallest absolute Gasteiger partial charge is 0.258 e. The normalized spacial score (nSPS) is 20.0. The number of hydrogen-bond acceptors (Lipinski definition) is 5. The van der Waals surface area contributed by atoms with Gasteiger partial charge in [0.2, 0.25) is 10.0 Å². The highest BCUT2D eigenvalue weighted by atomic mass is 32.2. The highest BCUT2D eigenvalue weighted by Crippen LogP contribution is 2.13. The number of aromatic nitrogens is 2. The first-order valence-corrected chi connectivity index (χ1v) is 9.47. The maximum atomic E-state index is 12.1. The number of nitrogens with zero attached hydrogens (tertiary/aromatic N) is 2. The lowest BCUT2D eigenvalue weighted by atomic mass is 10.1. The van der Waals surface area contributed by atoms with Crippen molar-refractivity contribution in [3.63, 3.8) is 0 Å². The zero-order valence-electron chi connectivity index (χ0n) is 12.9. The fraction of sp³-hybridized carbons (Fsp3) is 0.467. The number of nitrogens with one attached hydrogen (secondary N) is 2. The lowest BCUT2D eigenvalue weighted by molar-refractivity contribution is 0.190. The Labute approximate surface area is 134 Å². The molecule has 1 aliphatic heterocycles. The van der Waals surface area contributed by atoms with Crippen molar-refractivity contribution < 1.29 is 8.42 Å². The van der Waals surface area contributed by atoms with Gasteiger partial charge in [-0.05, 0) is 31.5 Å². The average Bonchev–Trinajstić information content (AvgIpc) is 2.46. The molecule has 2 aromatic rings. The second-order valence-corrected chi connectivity index (χ2v) is 7.77. The van der Waals surface area contributed by atoms with E-state index >= 15 is 0 Å². The van der Waals surface area contributed by atoms with Crippen LogP contribution in [0.3, 0.4) is 0 Å². The molecule has 0 aliphatic carbocycles. The van der Waals surface area contributed by atoms with Gasteiger partial charge in [-0.25, -0.2) is 18.1 Å². The number of benzene rings is 1. The molecule has 3 rings (SSSR count). The Bertz CT molecular complexity index is 862. The zero-order chi connectivity index (χ0) is 16.4. The molecule has 0 saturated carbocycles. The van der Waals surface area contributed by atoms with Crippen molar-refractivity contribution in [3.8, 4) is 0 Å². The van der Waals surface area contributed by atoms with E-state index in [9.17, 15) is 13.2 Å². The maximum Gasteiger partial charge on any atom is 0.258 e. The van der Waals surface area contributed by atoms with Crippen LogP contribution in [0.1, 0.15) is 18.7 Å². The number of likely N-dealkylation sites (tertiary alicyclic amines) is 1. The van der Waals surface area contributed by atoms with E-state index in [1.165, 1.54) is 6.26 Å². The second-order valence-electron chi connectivity index (χ2n) is 5.99. The number of hydrogen-bond donors (Lipinski definition) is 2. The van der Waals surface area contributed by atoms with Crippen molar-refractivity contribution in [1.29, 1.82) is 0 Å². The fourth-order valence-corrected chi connectivity index (χ4v) is 3.82. The number of piperidine rings is 1. The first kappa shape index (κ1) is 16.1. The molecule has 1 aliphatic rings. The minimum absolute atomic E-state index is 0.0917. The Kier molecular flexibility index (Phi) is 4.47. The van der Waals surface area contributed by atoms with E-state index in [0.717, 1.165) is 19.4 Å². The van der Waals surface area contributed by atoms with Crippen LogP contribution in [0.15, 0.2) is 29.1 Å². The minimum atomic E-state index is -3.21. The summed E-state index contributed by atoms with van der Waals surface area (Å²) in [4.78, 5) is 21.5. The van der Waals surface area contributed by atoms with Gasteiger partial charge in [0.25, 0.3) is 5.56 Å². The third-order valence-corrected chi connectivity index (χ3v) is 4.68. The number of aromatic amines is 1. The Morgan fingerprint density at radius 2 is 2.17 bits per heavy atom. The summed E-state index contributed by atoms with van der Waals surface area (Å²) >= 11 is 0. The third-order valence-electron chi connectivity index (χ3n) is 3.92. The van der Waals surface area contributed by atoms with Crippen molar-refractivity contribution >= 4 is 20.9 Å². The molecular formula is C15H20N4O3S. The first-order chi connectivity index (χ1) is 10.9. The summed E-state index contributed by atoms with van der Waals surface area (Å²) in [5.74, 6) is 0.605. The highest BCUT2D eigenvalue weighted by molar-refractivity contribution is 7.88. The van der Waals surface area contributed by atoms with Crippen LogP contribution in [-0.4, -0.2) is 48.7 Å². The second kappa shape index (κ2) is 6.38. The van der Waals surface area contributed by atoms with Gasteiger partial charge in [0.15, 0.2) is 0 Å². The van der Waals surface area contributed by atoms with Gasteiger partial charge in [0, 0.05) is 12.6 Å². The fourth-order valence-electron chi connectivity index (χ4n) is 3.02. The molecule has 0 radical (unpaired) electrons. The van der Waals surface area contributed by atoms with Gasteiger partial charge in [-0.2, -0.15) is 0 Å². The molecule has 124 valence electrons. The average molecular weight is 336 g/mol. The molecule has 1 atom stereocenters. The summed E-state index contributed by atoms with van der Waals surface area (Å²) in [6.07, 6.45) is 2.91. The van der Waals surface area contributed by atoms with Crippen molar-refractivity contribution in [1.82, 2.24) is 19.6 Å². The van der Waals surface area contributed by atoms with Crippen LogP contribution in [0, 0.1) is 0 Å². The Balaban J connectivity index is 1.75. The predicted molar refractivity (Wildman–Crippen MR) is 88.6 cm³/mol. The molecule has 0 bridgehead atoms. The van der Waals surface area contributed by atoms with Gasteiger partial charge in [0.05, 0.1) is 23.7 Å². The molecule has 1 unspecified atom stereocenters. The van der Waals surface area contributed by atoms with E-state index in [0.29, 0.717) is 29.8 Å². The van der Waals surface area contributed by atoms with Gasteiger partial charge >= 0.3 is 0 Å². The highest BCUT2D eigenvalue weighted by Gasteiger charge is 2.23. The van der Waals surface area contributed by atoms with Crippen LogP contribution in [0.2, 0.25) is 0 Å². The van der Waals surface area contributed by atoms with Gasteiger partial charge in [-0.1, -0.05) is 12.1 Å². The first-order valence-electron chi connectivity index (χ1n) is 7.58. The Hall–Kier alpha value is -1.77. The van der Waals surface area contributed by atoms with Gasteiger partial charge in [-0.15, -0.1) is 0 Å². The number of para-hydroxylation sites is 1. The van der Waals surface area contributed by atoms with Crippen LogP contribution in [0.4, 0.5) is 0 Å². The maximum absolute atomic E-state index is 12.1. The minimum Gasteiger partial charge on any atom is -0.309 e. The quantitative estimate of drug-likeness (QED) is 0.844. The molecule has 1 saturated heterocycles. The van der Waals surface area contributed by atoms with Crippen molar-refractivity contribution in [2.75, 3.05) is 19.3 Å². The monoisotopic (exact) mass is 336 g/mol. The van der Waals surface area contributed by atoms with Crippen molar-refractivity contribution in [3.05, 3.63) is 40.4 Å². The van der Waals surface area contributed by atoms with Gasteiger partial charge < -0.3 is 4.98 Å². The number of rotatable bonds is 4. The largest absolute Gasteiger partial charge is 0.309 e. The zero-order valence-corrected chi connectivity index (χ0v) is 13.8. The SMILES string of the molecule is CS(=O)(=O)NC1CCCN(Cc2nc3ccccc3c(=O)[nH]2)C1. The predicted octanol–water partition coefficient (Wildman–Crippen LogP) is 0.437. The molecule has 0 spiro atoms. The van der Waals surface area contributed by atoms with E-state index < -0.39 is 10.0 Å². The van der Waals surface area contributed by atoms with E-state index in [2.05, 4.69) is 19.6 Å². The lowest BCUT2D eigenvalue weighted by Crippen LogP contribution is -2.47. The van der Waals surface area contributed by atoms with Gasteiger partial charge in [0.1, 0.15) is 5.82 Å². The van der Waals surface area contributed by atoms with Crippen LogP contribution >= 0.6 is 0 Å². The van der Waals surface area contributed by atoms with E-state index in [-0.39, 0.29) is 11.6 Å². The summed E-state index contributed by atoms with van der Waals surface area (Å²) in [7, 11) is -3.21. The molecule has 8 heteroatoms. The molecular weight excluding hydrogens is 316 g/mol. The standard InChI is InChI=1S/C15H20N4O3S/c1-23(21,22)18-11-5-4-8-19(9-11)10-14-16-13-7-3-2-6-12(13)15(20)17-14/h2-3,6-7,11,18H,4-5,8-10H2,1H3,(H,16,17,20). The summed E-state index contributed by atoms with van der Waals surface area (Å²) < 4.78 is 25.4. The van der Waals surface area contributed by atoms with Gasteiger partial charge in [-0.3, -0.25) is 9.69 Å². The molecule has 23 heavy (non-hydrogen) atoms. The summed E-state index contributed by atoms with van der Waals surface area (Å²) in [5.41, 5.74) is 0.530. The van der Waals surface area contributed by atoms with E-state index in [1.54, 1.807) is 6.07 Å². The molecule has 1 aromatic heterocycles. The van der Waals surface area contributed by atoms with Crippen molar-refractivity contribution in [2.45, 2.75) is 25.4 Å². The molecule has 1 aromatic carbocycles. The Morgan fingerprint density at radius 1 is 1.39 bits per heavy atom. The molecule has 0 amide bonds. The topological polar surface area (TPSA) is 95.2 Å². The van der Waals surface area contributed by atoms with Crippen LogP contribution in [0.5, 0.6) is 0 Å². The summed E-state index contributed by atoms with van der Waals surface area (Å²) in [6, 6.07) is 7.14. The third kappa shape index (κ3) is 4.15. The lowest BCUT2D eigenvalue weighted by Gasteiger charge is -2.32. The molecule has 2 heterocycles. The van der Waals surface area contributed by atoms with Crippen LogP contribution in [-0.2, 0) is 16.6 Å². The number of H-pyrrole nitrogens is 1. The number of sulfonamides is 1. The van der Waals surface area contributed by atoms with E-state index in [1.807, 2.05) is 18.2 Å². The van der Waals surface area contributed by atoms with Crippen LogP contribution in [0.25, 0.3) is 10.9 Å². The summed E-state index contributed by atoms with van der Waals surface area (Å²) in [6.45, 7) is 1.98. The van der Waals surface area contributed by atoms with E-state index in [4.69, 9.17) is 0 Å². The molecule has 2 N–H and O–H groups in total. The number of fused-ring (bicyclic) bond motifs is 1. The van der Waals surface area contributed by atoms with Crippen LogP contribution < -0.4 is 10.3 Å². The van der Waals surface area contributed by atoms with Crippen molar-refractivity contribution in [2.24, 2.45) is 0 Å². The summed E-state index contributed by atoms with van der Waals surface area (Å²) in [5, 5.41) is 0.575. The Morgan fingerprint density at radius 3 is 2.96 bits per heavy atom. The molecule has 1 fully saturated rings.